The molecule has 0 radical (unpaired) electrons. The van der Waals surface area contributed by atoms with Crippen molar-refractivity contribution in [3.8, 4) is 0 Å². The summed E-state index contributed by atoms with van der Waals surface area (Å²) in [6, 6.07) is 0.916. The van der Waals surface area contributed by atoms with Gasteiger partial charge in [-0.1, -0.05) is 5.16 Å². The fraction of sp³-hybridized carbons (Fsp3) is 0.778. The SMILES string of the molecule is Cc1noc(N(C)C(CN)C2CC2)n1. The fourth-order valence-electron chi connectivity index (χ4n) is 1.72. The van der Waals surface area contributed by atoms with E-state index in [0.717, 1.165) is 0 Å². The molecule has 1 aromatic heterocycles. The number of hydrogen-bond acceptors (Lipinski definition) is 5. The molecule has 2 rings (SSSR count). The quantitative estimate of drug-likeness (QED) is 0.761. The second-order valence-corrected chi connectivity index (χ2v) is 3.88. The third kappa shape index (κ3) is 1.72. The van der Waals surface area contributed by atoms with Gasteiger partial charge >= 0.3 is 6.01 Å². The standard InChI is InChI=1S/C9H16N4O/c1-6-11-9(14-12-6)13(2)8(5-10)7-3-4-7/h7-8H,3-5,10H2,1-2H3. The lowest BCUT2D eigenvalue weighted by atomic mass is 10.2. The molecule has 14 heavy (non-hydrogen) atoms. The first-order valence-corrected chi connectivity index (χ1v) is 4.95. The molecule has 0 amide bonds. The summed E-state index contributed by atoms with van der Waals surface area (Å²) in [5.74, 6) is 1.37. The fourth-order valence-corrected chi connectivity index (χ4v) is 1.72. The van der Waals surface area contributed by atoms with Crippen LogP contribution >= 0.6 is 0 Å². The molecule has 1 aromatic rings. The highest BCUT2D eigenvalue weighted by atomic mass is 16.5. The first-order valence-electron chi connectivity index (χ1n) is 4.95. The average molecular weight is 196 g/mol. The Morgan fingerprint density at radius 1 is 1.64 bits per heavy atom. The molecule has 1 aliphatic carbocycles. The zero-order valence-electron chi connectivity index (χ0n) is 8.60. The molecule has 0 aliphatic heterocycles. The lowest BCUT2D eigenvalue weighted by molar-refractivity contribution is 0.397. The Morgan fingerprint density at radius 2 is 2.36 bits per heavy atom. The lowest BCUT2D eigenvalue weighted by Crippen LogP contribution is -2.39. The molecule has 1 unspecified atom stereocenters. The van der Waals surface area contributed by atoms with Crippen LogP contribution in [0.2, 0.25) is 0 Å². The van der Waals surface area contributed by atoms with E-state index in [4.69, 9.17) is 10.3 Å². The maximum absolute atomic E-state index is 5.73. The van der Waals surface area contributed by atoms with E-state index >= 15 is 0 Å². The molecule has 1 saturated carbocycles. The van der Waals surface area contributed by atoms with Crippen LogP contribution in [0.25, 0.3) is 0 Å². The largest absolute Gasteiger partial charge is 0.328 e. The van der Waals surface area contributed by atoms with Gasteiger partial charge in [0, 0.05) is 19.6 Å². The molecular formula is C9H16N4O. The van der Waals surface area contributed by atoms with Crippen LogP contribution in [-0.4, -0.2) is 29.8 Å². The highest BCUT2D eigenvalue weighted by Gasteiger charge is 2.34. The van der Waals surface area contributed by atoms with Crippen molar-refractivity contribution < 1.29 is 4.52 Å². The Labute approximate surface area is 83.3 Å². The number of rotatable bonds is 4. The molecular weight excluding hydrogens is 180 g/mol. The van der Waals surface area contributed by atoms with Crippen molar-refractivity contribution >= 4 is 6.01 Å². The zero-order valence-corrected chi connectivity index (χ0v) is 8.60. The van der Waals surface area contributed by atoms with E-state index in [1.54, 1.807) is 0 Å². The second-order valence-electron chi connectivity index (χ2n) is 3.88. The van der Waals surface area contributed by atoms with Gasteiger partial charge in [0.2, 0.25) is 0 Å². The Balaban J connectivity index is 2.08. The highest BCUT2D eigenvalue weighted by Crippen LogP contribution is 2.35. The maximum atomic E-state index is 5.73. The average Bonchev–Trinajstić information content (AvgIpc) is 2.90. The predicted octanol–water partition coefficient (Wildman–Crippen LogP) is 0.552. The van der Waals surface area contributed by atoms with Crippen molar-refractivity contribution in [2.24, 2.45) is 11.7 Å². The Hall–Kier alpha value is -1.10. The number of hydrogen-bond donors (Lipinski definition) is 1. The van der Waals surface area contributed by atoms with E-state index in [-0.39, 0.29) is 0 Å². The Kier molecular flexibility index (Phi) is 2.41. The van der Waals surface area contributed by atoms with E-state index in [1.807, 2.05) is 18.9 Å². The van der Waals surface area contributed by atoms with Crippen molar-refractivity contribution in [1.82, 2.24) is 10.1 Å². The molecule has 0 spiro atoms. The molecule has 0 saturated heterocycles. The van der Waals surface area contributed by atoms with Gasteiger partial charge in [-0.05, 0) is 25.7 Å². The third-order valence-electron chi connectivity index (χ3n) is 2.72. The summed E-state index contributed by atoms with van der Waals surface area (Å²) in [7, 11) is 1.96. The van der Waals surface area contributed by atoms with Crippen LogP contribution in [0.4, 0.5) is 6.01 Å². The van der Waals surface area contributed by atoms with Gasteiger partial charge in [-0.25, -0.2) is 0 Å². The van der Waals surface area contributed by atoms with Gasteiger partial charge in [0.25, 0.3) is 0 Å². The Morgan fingerprint density at radius 3 is 2.79 bits per heavy atom. The van der Waals surface area contributed by atoms with Gasteiger partial charge in [-0.15, -0.1) is 0 Å². The molecule has 0 aromatic carbocycles. The van der Waals surface area contributed by atoms with E-state index in [2.05, 4.69) is 10.1 Å². The lowest BCUT2D eigenvalue weighted by Gasteiger charge is -2.24. The number of nitrogens with two attached hydrogens (primary N) is 1. The topological polar surface area (TPSA) is 68.2 Å². The van der Waals surface area contributed by atoms with Crippen LogP contribution in [0, 0.1) is 12.8 Å². The summed E-state index contributed by atoms with van der Waals surface area (Å²) in [5, 5.41) is 3.77. The van der Waals surface area contributed by atoms with Crippen LogP contribution in [0.3, 0.4) is 0 Å². The summed E-state index contributed by atoms with van der Waals surface area (Å²) in [6.07, 6.45) is 2.53. The van der Waals surface area contributed by atoms with Crippen molar-refractivity contribution in [3.63, 3.8) is 0 Å². The molecule has 1 atom stereocenters. The minimum Gasteiger partial charge on any atom is -0.328 e. The molecule has 2 N–H and O–H groups in total. The summed E-state index contributed by atoms with van der Waals surface area (Å²) in [4.78, 5) is 6.18. The number of anilines is 1. The van der Waals surface area contributed by atoms with Crippen molar-refractivity contribution in [1.29, 1.82) is 0 Å². The van der Waals surface area contributed by atoms with Gasteiger partial charge in [0.05, 0.1) is 0 Å². The van der Waals surface area contributed by atoms with Gasteiger partial charge < -0.3 is 15.2 Å². The minimum absolute atomic E-state index is 0.342. The summed E-state index contributed by atoms with van der Waals surface area (Å²) in [5.41, 5.74) is 5.73. The van der Waals surface area contributed by atoms with Crippen LogP contribution in [0.5, 0.6) is 0 Å². The highest BCUT2D eigenvalue weighted by molar-refractivity contribution is 5.27. The first kappa shape index (κ1) is 9.45. The first-order chi connectivity index (χ1) is 6.72. The molecule has 1 fully saturated rings. The molecule has 5 nitrogen and oxygen atoms in total. The zero-order chi connectivity index (χ0) is 10.1. The minimum atomic E-state index is 0.342. The van der Waals surface area contributed by atoms with Crippen molar-refractivity contribution in [2.45, 2.75) is 25.8 Å². The molecule has 1 heterocycles. The van der Waals surface area contributed by atoms with Crippen LogP contribution in [0.15, 0.2) is 4.52 Å². The van der Waals surface area contributed by atoms with E-state index < -0.39 is 0 Å². The van der Waals surface area contributed by atoms with Crippen molar-refractivity contribution in [2.75, 3.05) is 18.5 Å². The van der Waals surface area contributed by atoms with Gasteiger partial charge in [-0.2, -0.15) is 4.98 Å². The number of likely N-dealkylation sites (N-methyl/N-ethyl adjacent to an activating group) is 1. The molecule has 5 heteroatoms. The normalized spacial score (nSPS) is 18.2. The Bertz CT molecular complexity index is 308. The molecule has 78 valence electrons. The molecule has 0 bridgehead atoms. The smallest absolute Gasteiger partial charge is 0.324 e. The number of aromatic nitrogens is 2. The number of aryl methyl sites for hydroxylation is 1. The summed E-state index contributed by atoms with van der Waals surface area (Å²) < 4.78 is 5.10. The van der Waals surface area contributed by atoms with Gasteiger partial charge in [0.15, 0.2) is 5.82 Å². The maximum Gasteiger partial charge on any atom is 0.324 e. The summed E-state index contributed by atoms with van der Waals surface area (Å²) in [6.45, 7) is 2.46. The predicted molar refractivity (Wildman–Crippen MR) is 53.0 cm³/mol. The van der Waals surface area contributed by atoms with E-state index in [0.29, 0.717) is 30.3 Å². The summed E-state index contributed by atoms with van der Waals surface area (Å²) >= 11 is 0. The van der Waals surface area contributed by atoms with Crippen molar-refractivity contribution in [3.05, 3.63) is 5.82 Å². The van der Waals surface area contributed by atoms with E-state index in [9.17, 15) is 0 Å². The molecule has 1 aliphatic rings. The second kappa shape index (κ2) is 3.57. The third-order valence-corrected chi connectivity index (χ3v) is 2.72. The van der Waals surface area contributed by atoms with E-state index in [1.165, 1.54) is 12.8 Å². The number of nitrogens with zero attached hydrogens (tertiary/aromatic N) is 3. The van der Waals surface area contributed by atoms with Gasteiger partial charge in [-0.3, -0.25) is 0 Å². The monoisotopic (exact) mass is 196 g/mol. The van der Waals surface area contributed by atoms with Crippen LogP contribution in [0.1, 0.15) is 18.7 Å². The van der Waals surface area contributed by atoms with Gasteiger partial charge in [0.1, 0.15) is 0 Å². The van der Waals surface area contributed by atoms with Crippen LogP contribution < -0.4 is 10.6 Å². The van der Waals surface area contributed by atoms with Crippen LogP contribution in [-0.2, 0) is 0 Å².